The van der Waals surface area contributed by atoms with Crippen LogP contribution in [0.4, 0.5) is 0 Å². The molecule has 0 fully saturated rings. The van der Waals surface area contributed by atoms with Gasteiger partial charge in [-0.05, 0) is 20.3 Å². The molecule has 4 heteroatoms. The molecule has 0 saturated heterocycles. The maximum atomic E-state index is 10.7. The Hall–Kier alpha value is -1.16. The number of aliphatic hydroxyl groups is 1. The monoisotopic (exact) mass is 186 g/mol. The molecule has 0 heterocycles. The highest BCUT2D eigenvalue weighted by atomic mass is 16.4. The van der Waals surface area contributed by atoms with E-state index in [4.69, 9.17) is 5.11 Å². The number of rotatable bonds is 5. The molecular formula is C9H14O4. The molecule has 2 atom stereocenters. The van der Waals surface area contributed by atoms with Crippen LogP contribution in [-0.2, 0) is 9.59 Å². The van der Waals surface area contributed by atoms with E-state index >= 15 is 0 Å². The topological polar surface area (TPSA) is 74.6 Å². The van der Waals surface area contributed by atoms with E-state index in [2.05, 4.69) is 6.58 Å². The fourth-order valence-corrected chi connectivity index (χ4v) is 0.993. The molecule has 2 N–H and O–H groups in total. The Kier molecular flexibility index (Phi) is 4.34. The first kappa shape index (κ1) is 11.8. The van der Waals surface area contributed by atoms with Crippen LogP contribution in [0.5, 0.6) is 0 Å². The Balaban J connectivity index is 4.51. The molecule has 0 aromatic carbocycles. The first-order chi connectivity index (χ1) is 5.86. The number of ketones is 1. The van der Waals surface area contributed by atoms with Crippen LogP contribution in [0.3, 0.4) is 0 Å². The van der Waals surface area contributed by atoms with Gasteiger partial charge in [-0.3, -0.25) is 9.59 Å². The van der Waals surface area contributed by atoms with Crippen LogP contribution < -0.4 is 0 Å². The van der Waals surface area contributed by atoms with Gasteiger partial charge in [-0.2, -0.15) is 0 Å². The fourth-order valence-electron chi connectivity index (χ4n) is 0.993. The second-order valence-electron chi connectivity index (χ2n) is 3.16. The van der Waals surface area contributed by atoms with Crippen molar-refractivity contribution in [3.05, 3.63) is 12.2 Å². The van der Waals surface area contributed by atoms with E-state index in [0.717, 1.165) is 0 Å². The van der Waals surface area contributed by atoms with Gasteiger partial charge in [-0.15, -0.1) is 6.58 Å². The quantitative estimate of drug-likeness (QED) is 0.617. The van der Waals surface area contributed by atoms with Crippen molar-refractivity contribution in [3.8, 4) is 0 Å². The Morgan fingerprint density at radius 2 is 1.85 bits per heavy atom. The van der Waals surface area contributed by atoms with Crippen LogP contribution >= 0.6 is 0 Å². The molecule has 74 valence electrons. The summed E-state index contributed by atoms with van der Waals surface area (Å²) in [6.07, 6.45) is -1.31. The van der Waals surface area contributed by atoms with Crippen molar-refractivity contribution in [2.45, 2.75) is 26.4 Å². The van der Waals surface area contributed by atoms with Crippen molar-refractivity contribution < 1.29 is 19.8 Å². The normalized spacial score (nSPS) is 14.7. The average molecular weight is 186 g/mol. The molecule has 0 amide bonds. The third-order valence-electron chi connectivity index (χ3n) is 1.68. The Bertz CT molecular complexity index is 232. The minimum atomic E-state index is -1.44. The Morgan fingerprint density at radius 3 is 2.08 bits per heavy atom. The van der Waals surface area contributed by atoms with Gasteiger partial charge in [0.15, 0.2) is 5.78 Å². The molecule has 0 aliphatic heterocycles. The van der Waals surface area contributed by atoms with Crippen LogP contribution in [0, 0.1) is 5.92 Å². The second kappa shape index (κ2) is 4.77. The SMILES string of the molecule is C=C(C)CC(C(=O)O)C(O)C(C)=O. The van der Waals surface area contributed by atoms with Gasteiger partial charge in [0.2, 0.25) is 0 Å². The molecule has 0 aliphatic carbocycles. The summed E-state index contributed by atoms with van der Waals surface area (Å²) in [7, 11) is 0. The van der Waals surface area contributed by atoms with Crippen LogP contribution in [0.1, 0.15) is 20.3 Å². The van der Waals surface area contributed by atoms with Crippen molar-refractivity contribution in [1.82, 2.24) is 0 Å². The van der Waals surface area contributed by atoms with Gasteiger partial charge < -0.3 is 10.2 Å². The molecule has 0 aromatic heterocycles. The smallest absolute Gasteiger partial charge is 0.309 e. The van der Waals surface area contributed by atoms with E-state index in [0.29, 0.717) is 5.57 Å². The molecule has 0 aromatic rings. The Labute approximate surface area is 76.9 Å². The summed E-state index contributed by atoms with van der Waals surface area (Å²) < 4.78 is 0. The first-order valence-electron chi connectivity index (χ1n) is 3.92. The number of aliphatic carboxylic acids is 1. The lowest BCUT2D eigenvalue weighted by Crippen LogP contribution is -2.33. The summed E-state index contributed by atoms with van der Waals surface area (Å²) in [5, 5.41) is 17.9. The molecule has 0 rings (SSSR count). The summed E-state index contributed by atoms with van der Waals surface area (Å²) in [4.78, 5) is 21.4. The van der Waals surface area contributed by atoms with E-state index in [-0.39, 0.29) is 6.42 Å². The molecule has 0 spiro atoms. The highest BCUT2D eigenvalue weighted by molar-refractivity contribution is 5.86. The number of carboxylic acids is 1. The Morgan fingerprint density at radius 1 is 1.38 bits per heavy atom. The van der Waals surface area contributed by atoms with Gasteiger partial charge in [0, 0.05) is 0 Å². The van der Waals surface area contributed by atoms with Crippen LogP contribution in [0.25, 0.3) is 0 Å². The number of carbonyl (C=O) groups is 2. The molecule has 2 unspecified atom stereocenters. The van der Waals surface area contributed by atoms with Gasteiger partial charge in [-0.25, -0.2) is 0 Å². The highest BCUT2D eigenvalue weighted by Gasteiger charge is 2.29. The van der Waals surface area contributed by atoms with Crippen LogP contribution in [-0.4, -0.2) is 28.1 Å². The van der Waals surface area contributed by atoms with Gasteiger partial charge in [0.05, 0.1) is 5.92 Å². The lowest BCUT2D eigenvalue weighted by Gasteiger charge is -2.16. The van der Waals surface area contributed by atoms with Gasteiger partial charge >= 0.3 is 5.97 Å². The van der Waals surface area contributed by atoms with Gasteiger partial charge in [-0.1, -0.05) is 5.57 Å². The number of hydrogen-bond donors (Lipinski definition) is 2. The molecule has 13 heavy (non-hydrogen) atoms. The van der Waals surface area contributed by atoms with Crippen molar-refractivity contribution in [2.24, 2.45) is 5.92 Å². The number of carboxylic acid groups (broad SMARTS) is 1. The van der Waals surface area contributed by atoms with Gasteiger partial charge in [0.1, 0.15) is 6.10 Å². The van der Waals surface area contributed by atoms with E-state index in [1.807, 2.05) is 0 Å². The zero-order valence-corrected chi connectivity index (χ0v) is 7.78. The average Bonchev–Trinajstić information content (AvgIpc) is 1.97. The molecule has 0 radical (unpaired) electrons. The summed E-state index contributed by atoms with van der Waals surface area (Å²) in [5.74, 6) is -2.78. The third-order valence-corrected chi connectivity index (χ3v) is 1.68. The largest absolute Gasteiger partial charge is 0.481 e. The van der Waals surface area contributed by atoms with Crippen molar-refractivity contribution in [3.63, 3.8) is 0 Å². The number of hydrogen-bond acceptors (Lipinski definition) is 3. The summed E-state index contributed by atoms with van der Waals surface area (Å²) in [5.41, 5.74) is 0.632. The van der Waals surface area contributed by atoms with Crippen LogP contribution in [0.15, 0.2) is 12.2 Å². The van der Waals surface area contributed by atoms with Crippen molar-refractivity contribution >= 4 is 11.8 Å². The van der Waals surface area contributed by atoms with Gasteiger partial charge in [0.25, 0.3) is 0 Å². The molecular weight excluding hydrogens is 172 g/mol. The van der Waals surface area contributed by atoms with E-state index in [9.17, 15) is 14.7 Å². The maximum Gasteiger partial charge on any atom is 0.309 e. The predicted molar refractivity (Wildman–Crippen MR) is 47.2 cm³/mol. The van der Waals surface area contributed by atoms with Crippen molar-refractivity contribution in [2.75, 3.05) is 0 Å². The summed E-state index contributed by atoms with van der Waals surface area (Å²) in [6.45, 7) is 6.35. The minimum absolute atomic E-state index is 0.121. The minimum Gasteiger partial charge on any atom is -0.481 e. The molecule has 0 saturated carbocycles. The lowest BCUT2D eigenvalue weighted by molar-refractivity contribution is -0.149. The molecule has 0 aliphatic rings. The summed E-state index contributed by atoms with van der Waals surface area (Å²) >= 11 is 0. The number of aliphatic hydroxyl groups excluding tert-OH is 1. The number of allylic oxidation sites excluding steroid dienone is 1. The maximum absolute atomic E-state index is 10.7. The fraction of sp³-hybridized carbons (Fsp3) is 0.556. The number of Topliss-reactive ketones (excluding diaryl/α,β-unsaturated/α-hetero) is 1. The highest BCUT2D eigenvalue weighted by Crippen LogP contribution is 2.15. The standard InChI is InChI=1S/C9H14O4/c1-5(2)4-7(9(12)13)8(11)6(3)10/h7-8,11H,1,4H2,2-3H3,(H,12,13). The molecule has 4 nitrogen and oxygen atoms in total. The van der Waals surface area contributed by atoms with E-state index < -0.39 is 23.8 Å². The van der Waals surface area contributed by atoms with E-state index in [1.54, 1.807) is 6.92 Å². The first-order valence-corrected chi connectivity index (χ1v) is 3.92. The van der Waals surface area contributed by atoms with Crippen LogP contribution in [0.2, 0.25) is 0 Å². The third kappa shape index (κ3) is 3.85. The van der Waals surface area contributed by atoms with Crippen molar-refractivity contribution in [1.29, 1.82) is 0 Å². The predicted octanol–water partition coefficient (Wildman–Crippen LogP) is 0.603. The second-order valence-corrected chi connectivity index (χ2v) is 3.16. The van der Waals surface area contributed by atoms with E-state index in [1.165, 1.54) is 6.92 Å². The summed E-state index contributed by atoms with van der Waals surface area (Å²) in [6, 6.07) is 0. The molecule has 0 bridgehead atoms. The lowest BCUT2D eigenvalue weighted by atomic mass is 9.93. The zero-order chi connectivity index (χ0) is 10.6. The zero-order valence-electron chi connectivity index (χ0n) is 7.78. The number of carbonyl (C=O) groups excluding carboxylic acids is 1.